The quantitative estimate of drug-likeness (QED) is 0.691. The summed E-state index contributed by atoms with van der Waals surface area (Å²) in [5, 5.41) is 0. The van der Waals surface area contributed by atoms with Crippen molar-refractivity contribution in [1.29, 1.82) is 0 Å². The lowest BCUT2D eigenvalue weighted by atomic mass is 9.75. The Balaban J connectivity index is 1.60. The Morgan fingerprint density at radius 1 is 1.18 bits per heavy atom. The molecule has 1 aromatic heterocycles. The minimum Gasteiger partial charge on any atom is -0.465 e. The molecular formula is C21H31N3O4. The van der Waals surface area contributed by atoms with Crippen molar-refractivity contribution in [3.63, 3.8) is 0 Å². The fourth-order valence-electron chi connectivity index (χ4n) is 4.02. The zero-order valence-corrected chi connectivity index (χ0v) is 17.0. The number of aromatic nitrogens is 1. The molecule has 2 aliphatic heterocycles. The first-order chi connectivity index (χ1) is 13.5. The van der Waals surface area contributed by atoms with Crippen LogP contribution in [0.5, 0.6) is 0 Å². The number of hydrogen-bond acceptors (Lipinski definition) is 6. The van der Waals surface area contributed by atoms with Crippen LogP contribution >= 0.6 is 0 Å². The largest absolute Gasteiger partial charge is 0.465 e. The third-order valence-corrected chi connectivity index (χ3v) is 5.73. The number of piperidine rings is 1. The van der Waals surface area contributed by atoms with Crippen LogP contribution in [-0.2, 0) is 25.6 Å². The molecule has 0 bridgehead atoms. The van der Waals surface area contributed by atoms with E-state index in [1.807, 2.05) is 24.2 Å². The summed E-state index contributed by atoms with van der Waals surface area (Å²) in [5.74, 6) is -0.141. The summed E-state index contributed by atoms with van der Waals surface area (Å²) in [6.45, 7) is 8.91. The number of carbonyl (C=O) groups excluding carboxylic acids is 2. The number of nitrogens with zero attached hydrogens (tertiary/aromatic N) is 3. The van der Waals surface area contributed by atoms with Crippen LogP contribution in [0.25, 0.3) is 0 Å². The van der Waals surface area contributed by atoms with Crippen LogP contribution in [0, 0.1) is 12.3 Å². The second kappa shape index (κ2) is 9.47. The summed E-state index contributed by atoms with van der Waals surface area (Å²) in [4.78, 5) is 32.8. The lowest BCUT2D eigenvalue weighted by Crippen LogP contribution is -2.47. The number of esters is 1. The molecule has 1 aromatic rings. The molecule has 3 heterocycles. The van der Waals surface area contributed by atoms with Crippen LogP contribution in [0.2, 0.25) is 0 Å². The Hall–Kier alpha value is -1.99. The van der Waals surface area contributed by atoms with Crippen molar-refractivity contribution in [3.05, 3.63) is 29.6 Å². The van der Waals surface area contributed by atoms with Gasteiger partial charge in [0.15, 0.2) is 0 Å². The molecule has 2 aliphatic rings. The summed E-state index contributed by atoms with van der Waals surface area (Å²) >= 11 is 0. The Bertz CT molecular complexity index is 680. The van der Waals surface area contributed by atoms with E-state index >= 15 is 0 Å². The monoisotopic (exact) mass is 389 g/mol. The Kier molecular flexibility index (Phi) is 7.02. The third kappa shape index (κ3) is 5.75. The van der Waals surface area contributed by atoms with E-state index in [2.05, 4.69) is 16.0 Å². The van der Waals surface area contributed by atoms with Gasteiger partial charge in [0, 0.05) is 50.8 Å². The Morgan fingerprint density at radius 3 is 2.54 bits per heavy atom. The fraction of sp³-hybridized carbons (Fsp3) is 0.667. The van der Waals surface area contributed by atoms with Crippen LogP contribution < -0.4 is 0 Å². The highest BCUT2D eigenvalue weighted by atomic mass is 16.5. The van der Waals surface area contributed by atoms with E-state index in [1.54, 1.807) is 0 Å². The molecule has 0 unspecified atom stereocenters. The van der Waals surface area contributed by atoms with Gasteiger partial charge in [-0.05, 0) is 44.0 Å². The second-order valence-corrected chi connectivity index (χ2v) is 8.10. The average molecular weight is 389 g/mol. The molecule has 2 fully saturated rings. The maximum atomic E-state index is 12.8. The second-order valence-electron chi connectivity index (χ2n) is 8.10. The normalized spacial score (nSPS) is 20.0. The van der Waals surface area contributed by atoms with Crippen LogP contribution in [0.3, 0.4) is 0 Å². The first kappa shape index (κ1) is 20.7. The molecule has 28 heavy (non-hydrogen) atoms. The fourth-order valence-corrected chi connectivity index (χ4v) is 4.02. The van der Waals surface area contributed by atoms with Crippen molar-refractivity contribution in [2.75, 3.05) is 46.0 Å². The van der Waals surface area contributed by atoms with Gasteiger partial charge in [-0.25, -0.2) is 0 Å². The predicted octanol–water partition coefficient (Wildman–Crippen LogP) is 1.78. The van der Waals surface area contributed by atoms with Gasteiger partial charge in [-0.2, -0.15) is 0 Å². The van der Waals surface area contributed by atoms with E-state index in [-0.39, 0.29) is 17.3 Å². The summed E-state index contributed by atoms with van der Waals surface area (Å²) in [6, 6.07) is 2.16. The topological polar surface area (TPSA) is 72.0 Å². The van der Waals surface area contributed by atoms with Gasteiger partial charge < -0.3 is 14.4 Å². The maximum Gasteiger partial charge on any atom is 0.302 e. The van der Waals surface area contributed by atoms with Crippen LogP contribution in [0.15, 0.2) is 18.5 Å². The first-order valence-corrected chi connectivity index (χ1v) is 10.1. The number of ether oxygens (including phenoxy) is 2. The number of amides is 1. The van der Waals surface area contributed by atoms with Gasteiger partial charge in [0.2, 0.25) is 5.91 Å². The van der Waals surface area contributed by atoms with Gasteiger partial charge in [-0.3, -0.25) is 19.5 Å². The number of rotatable bonds is 6. The minimum atomic E-state index is -0.286. The summed E-state index contributed by atoms with van der Waals surface area (Å²) < 4.78 is 10.7. The molecule has 0 spiro atoms. The van der Waals surface area contributed by atoms with Gasteiger partial charge >= 0.3 is 5.97 Å². The first-order valence-electron chi connectivity index (χ1n) is 10.1. The van der Waals surface area contributed by atoms with Crippen molar-refractivity contribution in [2.45, 2.75) is 39.7 Å². The maximum absolute atomic E-state index is 12.8. The van der Waals surface area contributed by atoms with Gasteiger partial charge in [-0.1, -0.05) is 6.07 Å². The van der Waals surface area contributed by atoms with Crippen molar-refractivity contribution >= 4 is 11.9 Å². The molecule has 3 rings (SSSR count). The molecule has 0 radical (unpaired) electrons. The van der Waals surface area contributed by atoms with E-state index in [4.69, 9.17) is 9.47 Å². The number of hydrogen-bond donors (Lipinski definition) is 0. The summed E-state index contributed by atoms with van der Waals surface area (Å²) in [7, 11) is 0. The van der Waals surface area contributed by atoms with Gasteiger partial charge in [-0.15, -0.1) is 0 Å². The molecule has 0 atom stereocenters. The van der Waals surface area contributed by atoms with Crippen molar-refractivity contribution < 1.29 is 19.1 Å². The molecule has 7 nitrogen and oxygen atoms in total. The SMILES string of the molecule is CC(=O)OCC1(CC(=O)N2CCOCC2)CCN(Cc2cncc(C)c2)CC1. The third-order valence-electron chi connectivity index (χ3n) is 5.73. The smallest absolute Gasteiger partial charge is 0.302 e. The van der Waals surface area contributed by atoms with Crippen LogP contribution in [0.1, 0.15) is 37.3 Å². The zero-order chi connectivity index (χ0) is 20.0. The molecule has 0 N–H and O–H groups in total. The number of aryl methyl sites for hydroxylation is 1. The lowest BCUT2D eigenvalue weighted by Gasteiger charge is -2.42. The van der Waals surface area contributed by atoms with E-state index in [0.717, 1.165) is 38.0 Å². The summed E-state index contributed by atoms with van der Waals surface area (Å²) in [5.41, 5.74) is 2.09. The number of pyridine rings is 1. The Labute approximate surface area is 167 Å². The van der Waals surface area contributed by atoms with Crippen molar-refractivity contribution in [2.24, 2.45) is 5.41 Å². The highest BCUT2D eigenvalue weighted by molar-refractivity contribution is 5.77. The lowest BCUT2D eigenvalue weighted by molar-refractivity contribution is -0.150. The van der Waals surface area contributed by atoms with Crippen molar-refractivity contribution in [3.8, 4) is 0 Å². The minimum absolute atomic E-state index is 0.145. The van der Waals surface area contributed by atoms with Gasteiger partial charge in [0.25, 0.3) is 0 Å². The molecule has 0 aromatic carbocycles. The van der Waals surface area contributed by atoms with Crippen molar-refractivity contribution in [1.82, 2.24) is 14.8 Å². The van der Waals surface area contributed by atoms with Crippen LogP contribution in [-0.4, -0.2) is 72.7 Å². The molecule has 2 saturated heterocycles. The molecule has 0 aliphatic carbocycles. The zero-order valence-electron chi connectivity index (χ0n) is 17.0. The average Bonchev–Trinajstić information content (AvgIpc) is 2.69. The molecule has 0 saturated carbocycles. The standard InChI is InChI=1S/C21H31N3O4/c1-17-11-19(14-22-13-17)15-23-5-3-21(4-6-23,16-28-18(2)25)12-20(26)24-7-9-27-10-8-24/h11,13-14H,3-10,12,15-16H2,1-2H3. The van der Waals surface area contributed by atoms with Gasteiger partial charge in [0.1, 0.15) is 0 Å². The van der Waals surface area contributed by atoms with Crippen LogP contribution in [0.4, 0.5) is 0 Å². The molecule has 154 valence electrons. The van der Waals surface area contributed by atoms with E-state index in [1.165, 1.54) is 12.5 Å². The van der Waals surface area contributed by atoms with E-state index in [9.17, 15) is 9.59 Å². The highest BCUT2D eigenvalue weighted by Gasteiger charge is 2.39. The van der Waals surface area contributed by atoms with E-state index < -0.39 is 0 Å². The summed E-state index contributed by atoms with van der Waals surface area (Å²) in [6.07, 6.45) is 5.89. The molecule has 1 amide bonds. The predicted molar refractivity (Wildman–Crippen MR) is 105 cm³/mol. The van der Waals surface area contributed by atoms with Gasteiger partial charge in [0.05, 0.1) is 19.8 Å². The molecule has 7 heteroatoms. The Morgan fingerprint density at radius 2 is 1.89 bits per heavy atom. The molecular weight excluding hydrogens is 358 g/mol. The number of carbonyl (C=O) groups is 2. The number of likely N-dealkylation sites (tertiary alicyclic amines) is 1. The number of morpholine rings is 1. The van der Waals surface area contributed by atoms with E-state index in [0.29, 0.717) is 39.3 Å². The highest BCUT2D eigenvalue weighted by Crippen LogP contribution is 2.36.